The van der Waals surface area contributed by atoms with Gasteiger partial charge in [-0.3, -0.25) is 0 Å². The van der Waals surface area contributed by atoms with Gasteiger partial charge in [0, 0.05) is 26.7 Å². The first-order valence-electron chi connectivity index (χ1n) is 20.2. The van der Waals surface area contributed by atoms with E-state index in [0.29, 0.717) is 0 Å². The van der Waals surface area contributed by atoms with Crippen LogP contribution in [0.2, 0.25) is 0 Å². The van der Waals surface area contributed by atoms with E-state index in [1.54, 1.807) is 0 Å². The van der Waals surface area contributed by atoms with Crippen molar-refractivity contribution in [2.24, 2.45) is 0 Å². The summed E-state index contributed by atoms with van der Waals surface area (Å²) in [6, 6.07) is 80.0. The standard InChI is InChI=1S/C56H35NS/c1-2-18-36(19-3-1)57(51-34-17-25-42-40-23-7-15-35-52(40)58-54(42)51)50-33-16-24-41-39-22-6-10-28-45(39)56(53(41)50)48-31-13-11-29-46(48)55(47-30-12-14-32-49(47)56)43-26-8-4-20-37(43)38-21-5-9-27-44(38)55/h1-35H. The SMILES string of the molecule is c1ccc(N(c2cccc3c2C2(c4ccccc4-3)c3ccccc3C3(c4ccccc4-c4ccccc43)c3ccccc32)c2cccc3c2sc2ccccc23)cc1. The van der Waals surface area contributed by atoms with Crippen molar-refractivity contribution >= 4 is 48.6 Å². The van der Waals surface area contributed by atoms with Gasteiger partial charge in [-0.15, -0.1) is 11.3 Å². The third kappa shape index (κ3) is 3.86. The highest BCUT2D eigenvalue weighted by Crippen LogP contribution is 2.69. The Hall–Kier alpha value is -7.00. The van der Waals surface area contributed by atoms with Crippen LogP contribution in [-0.2, 0) is 10.8 Å². The third-order valence-electron chi connectivity index (χ3n) is 13.3. The second kappa shape index (κ2) is 11.8. The summed E-state index contributed by atoms with van der Waals surface area (Å²) >= 11 is 1.89. The maximum absolute atomic E-state index is 2.56. The van der Waals surface area contributed by atoms with Crippen LogP contribution in [0, 0.1) is 0 Å². The minimum absolute atomic E-state index is 0.486. The molecule has 0 saturated heterocycles. The molecule has 1 heterocycles. The van der Waals surface area contributed by atoms with E-state index in [4.69, 9.17) is 0 Å². The summed E-state index contributed by atoms with van der Waals surface area (Å²) in [5.41, 5.74) is 18.4. The molecular formula is C56H35NS. The van der Waals surface area contributed by atoms with Crippen LogP contribution in [0.15, 0.2) is 212 Å². The molecule has 0 bridgehead atoms. The lowest BCUT2D eigenvalue weighted by Gasteiger charge is -2.49. The highest BCUT2D eigenvalue weighted by atomic mass is 32.1. The molecule has 1 aromatic heterocycles. The van der Waals surface area contributed by atoms with Gasteiger partial charge in [0.05, 0.1) is 26.9 Å². The Kier molecular flexibility index (Phi) is 6.52. The normalized spacial score (nSPS) is 14.5. The minimum atomic E-state index is -0.617. The molecule has 0 unspecified atom stereocenters. The largest absolute Gasteiger partial charge is 0.309 e. The van der Waals surface area contributed by atoms with E-state index in [9.17, 15) is 0 Å². The monoisotopic (exact) mass is 753 g/mol. The van der Waals surface area contributed by atoms with Crippen molar-refractivity contribution in [1.29, 1.82) is 0 Å². The van der Waals surface area contributed by atoms with Gasteiger partial charge in [0.2, 0.25) is 0 Å². The molecule has 0 saturated carbocycles. The minimum Gasteiger partial charge on any atom is -0.309 e. The molecule has 13 rings (SSSR count). The molecule has 2 heteroatoms. The van der Waals surface area contributed by atoms with E-state index in [0.717, 1.165) is 5.69 Å². The molecule has 0 amide bonds. The Morgan fingerprint density at radius 1 is 0.310 bits per heavy atom. The Balaban J connectivity index is 1.20. The fourth-order valence-electron chi connectivity index (χ4n) is 11.4. The molecule has 1 nitrogen and oxygen atoms in total. The van der Waals surface area contributed by atoms with Gasteiger partial charge in [-0.1, -0.05) is 182 Å². The number of thiophene rings is 1. The van der Waals surface area contributed by atoms with Gasteiger partial charge < -0.3 is 4.90 Å². The molecule has 3 aliphatic carbocycles. The lowest BCUT2D eigenvalue weighted by molar-refractivity contribution is 0.633. The first-order valence-corrected chi connectivity index (χ1v) is 21.0. The molecule has 270 valence electrons. The predicted octanol–water partition coefficient (Wildman–Crippen LogP) is 14.6. The van der Waals surface area contributed by atoms with Crippen LogP contribution >= 0.6 is 11.3 Å². The maximum Gasteiger partial charge on any atom is 0.0740 e. The van der Waals surface area contributed by atoms with Crippen molar-refractivity contribution in [3.8, 4) is 22.3 Å². The van der Waals surface area contributed by atoms with Crippen LogP contribution in [0.25, 0.3) is 42.4 Å². The highest BCUT2D eigenvalue weighted by molar-refractivity contribution is 7.26. The molecule has 0 atom stereocenters. The molecule has 2 spiro atoms. The van der Waals surface area contributed by atoms with Gasteiger partial charge in [0.15, 0.2) is 0 Å². The number of anilines is 3. The molecule has 0 radical (unpaired) electrons. The van der Waals surface area contributed by atoms with E-state index < -0.39 is 10.8 Å². The molecule has 10 aromatic rings. The second-order valence-corrected chi connectivity index (χ2v) is 16.9. The molecule has 58 heavy (non-hydrogen) atoms. The summed E-state index contributed by atoms with van der Waals surface area (Å²) in [5, 5.41) is 2.59. The van der Waals surface area contributed by atoms with Crippen molar-refractivity contribution in [3.05, 3.63) is 257 Å². The average molecular weight is 754 g/mol. The van der Waals surface area contributed by atoms with Crippen molar-refractivity contribution in [3.63, 3.8) is 0 Å². The number of fused-ring (bicyclic) bond motifs is 19. The van der Waals surface area contributed by atoms with Gasteiger partial charge in [0.25, 0.3) is 0 Å². The van der Waals surface area contributed by atoms with E-state index in [1.165, 1.54) is 98.3 Å². The quantitative estimate of drug-likeness (QED) is 0.174. The van der Waals surface area contributed by atoms with Gasteiger partial charge in [0.1, 0.15) is 0 Å². The van der Waals surface area contributed by atoms with Crippen LogP contribution in [-0.4, -0.2) is 0 Å². The van der Waals surface area contributed by atoms with E-state index in [1.807, 2.05) is 11.3 Å². The summed E-state index contributed by atoms with van der Waals surface area (Å²) < 4.78 is 2.59. The van der Waals surface area contributed by atoms with E-state index >= 15 is 0 Å². The van der Waals surface area contributed by atoms with Gasteiger partial charge in [-0.2, -0.15) is 0 Å². The zero-order chi connectivity index (χ0) is 38.0. The Morgan fingerprint density at radius 3 is 1.38 bits per heavy atom. The zero-order valence-corrected chi connectivity index (χ0v) is 32.4. The number of benzene rings is 9. The van der Waals surface area contributed by atoms with Crippen molar-refractivity contribution < 1.29 is 0 Å². The second-order valence-electron chi connectivity index (χ2n) is 15.9. The lowest BCUT2D eigenvalue weighted by Crippen LogP contribution is -2.44. The van der Waals surface area contributed by atoms with Crippen LogP contribution in [0.4, 0.5) is 17.1 Å². The summed E-state index contributed by atoms with van der Waals surface area (Å²) in [7, 11) is 0. The average Bonchev–Trinajstić information content (AvgIpc) is 3.93. The Labute approximate surface area is 341 Å². The summed E-state index contributed by atoms with van der Waals surface area (Å²) in [5.74, 6) is 0. The molecule has 0 aliphatic heterocycles. The Morgan fingerprint density at radius 2 is 0.741 bits per heavy atom. The number of rotatable bonds is 3. The number of hydrogen-bond donors (Lipinski definition) is 0. The number of hydrogen-bond acceptors (Lipinski definition) is 2. The molecule has 3 aliphatic rings. The van der Waals surface area contributed by atoms with Gasteiger partial charge >= 0.3 is 0 Å². The van der Waals surface area contributed by atoms with Crippen LogP contribution in [0.3, 0.4) is 0 Å². The summed E-state index contributed by atoms with van der Waals surface area (Å²) in [6.07, 6.45) is 0. The van der Waals surface area contributed by atoms with Crippen molar-refractivity contribution in [2.75, 3.05) is 4.90 Å². The molecule has 0 N–H and O–H groups in total. The Bertz CT molecular complexity index is 3220. The van der Waals surface area contributed by atoms with E-state index in [2.05, 4.69) is 217 Å². The van der Waals surface area contributed by atoms with Crippen LogP contribution < -0.4 is 4.90 Å². The van der Waals surface area contributed by atoms with Crippen molar-refractivity contribution in [2.45, 2.75) is 10.8 Å². The topological polar surface area (TPSA) is 3.24 Å². The van der Waals surface area contributed by atoms with Gasteiger partial charge in [-0.25, -0.2) is 0 Å². The maximum atomic E-state index is 2.56. The predicted molar refractivity (Wildman–Crippen MR) is 242 cm³/mol. The third-order valence-corrected chi connectivity index (χ3v) is 14.5. The summed E-state index contributed by atoms with van der Waals surface area (Å²) in [4.78, 5) is 2.56. The number of nitrogens with zero attached hydrogens (tertiary/aromatic N) is 1. The fraction of sp³-hybridized carbons (Fsp3) is 0.0357. The fourth-order valence-corrected chi connectivity index (χ4v) is 12.6. The molecule has 0 fully saturated rings. The van der Waals surface area contributed by atoms with Gasteiger partial charge in [-0.05, 0) is 91.5 Å². The van der Waals surface area contributed by atoms with Crippen LogP contribution in [0.5, 0.6) is 0 Å². The smallest absolute Gasteiger partial charge is 0.0740 e. The summed E-state index contributed by atoms with van der Waals surface area (Å²) in [6.45, 7) is 0. The van der Waals surface area contributed by atoms with E-state index in [-0.39, 0.29) is 0 Å². The highest BCUT2D eigenvalue weighted by Gasteiger charge is 2.59. The first kappa shape index (κ1) is 32.1. The van der Waals surface area contributed by atoms with Crippen LogP contribution in [0.1, 0.15) is 44.5 Å². The lowest BCUT2D eigenvalue weighted by atomic mass is 9.52. The van der Waals surface area contributed by atoms with Crippen molar-refractivity contribution in [1.82, 2.24) is 0 Å². The molecule has 9 aromatic carbocycles. The zero-order valence-electron chi connectivity index (χ0n) is 31.6. The first-order chi connectivity index (χ1) is 28.8. The molecular weight excluding hydrogens is 719 g/mol. The number of para-hydroxylation sites is 1.